The summed E-state index contributed by atoms with van der Waals surface area (Å²) < 4.78 is 0. The lowest BCUT2D eigenvalue weighted by Gasteiger charge is -2.30. The highest BCUT2D eigenvalue weighted by Crippen LogP contribution is 2.62. The van der Waals surface area contributed by atoms with E-state index in [4.69, 9.17) is 9.97 Å². The van der Waals surface area contributed by atoms with Gasteiger partial charge in [-0.2, -0.15) is 0 Å². The molecule has 1 fully saturated rings. The van der Waals surface area contributed by atoms with Crippen LogP contribution in [0.4, 0.5) is 0 Å². The third-order valence-electron chi connectivity index (χ3n) is 11.3. The van der Waals surface area contributed by atoms with Crippen LogP contribution >= 0.6 is 0 Å². The largest absolute Gasteiger partial charge is 0.264 e. The van der Waals surface area contributed by atoms with Crippen LogP contribution in [0.15, 0.2) is 110 Å². The molecule has 4 aliphatic rings. The molecule has 6 aromatic rings. The van der Waals surface area contributed by atoms with Crippen molar-refractivity contribution in [2.24, 2.45) is 0 Å². The van der Waals surface area contributed by atoms with Gasteiger partial charge in [0.15, 0.2) is 0 Å². The molecule has 0 amide bonds. The average molecular weight is 579 g/mol. The van der Waals surface area contributed by atoms with Crippen molar-refractivity contribution in [1.82, 2.24) is 9.97 Å². The monoisotopic (exact) mass is 578 g/mol. The molecule has 2 heteroatoms. The predicted octanol–water partition coefficient (Wildman–Crippen LogP) is 10.6. The van der Waals surface area contributed by atoms with E-state index in [1.54, 1.807) is 5.56 Å². The fraction of sp³-hybridized carbons (Fsp3) is 0.209. The summed E-state index contributed by atoms with van der Waals surface area (Å²) in [6.07, 6.45) is 19.9. The summed E-state index contributed by atoms with van der Waals surface area (Å²) in [6, 6.07) is 31.7. The van der Waals surface area contributed by atoms with Gasteiger partial charge in [-0.15, -0.1) is 0 Å². The Morgan fingerprint density at radius 2 is 1.38 bits per heavy atom. The minimum Gasteiger partial charge on any atom is -0.264 e. The Balaban J connectivity index is 1.26. The van der Waals surface area contributed by atoms with Gasteiger partial charge < -0.3 is 0 Å². The van der Waals surface area contributed by atoms with E-state index in [0.29, 0.717) is 5.92 Å². The summed E-state index contributed by atoms with van der Waals surface area (Å²) in [5.74, 6) is 0.647. The first-order valence-electron chi connectivity index (χ1n) is 16.7. The Morgan fingerprint density at radius 3 is 2.18 bits per heavy atom. The maximum atomic E-state index is 5.51. The van der Waals surface area contributed by atoms with Crippen molar-refractivity contribution in [2.45, 2.75) is 56.3 Å². The van der Waals surface area contributed by atoms with E-state index in [1.807, 2.05) is 6.20 Å². The van der Waals surface area contributed by atoms with Gasteiger partial charge in [-0.05, 0) is 110 Å². The zero-order valence-electron chi connectivity index (χ0n) is 25.4. The van der Waals surface area contributed by atoms with Crippen LogP contribution in [0, 0.1) is 0 Å². The maximum Gasteiger partial charge on any atom is 0.0912 e. The Bertz CT molecular complexity index is 2170. The maximum absolute atomic E-state index is 5.51. The van der Waals surface area contributed by atoms with Crippen LogP contribution in [0.2, 0.25) is 0 Å². The van der Waals surface area contributed by atoms with E-state index in [-0.39, 0.29) is 0 Å². The Kier molecular flexibility index (Phi) is 5.43. The fourth-order valence-electron chi connectivity index (χ4n) is 9.52. The molecule has 2 heterocycles. The van der Waals surface area contributed by atoms with E-state index in [0.717, 1.165) is 18.5 Å². The van der Waals surface area contributed by atoms with E-state index in [2.05, 4.69) is 109 Å². The zero-order valence-corrected chi connectivity index (χ0v) is 25.4. The van der Waals surface area contributed by atoms with Gasteiger partial charge in [0, 0.05) is 29.7 Å². The highest BCUT2D eigenvalue weighted by Gasteiger charge is 2.53. The molecule has 4 aromatic carbocycles. The third kappa shape index (κ3) is 3.35. The summed E-state index contributed by atoms with van der Waals surface area (Å²) in [6.45, 7) is 0. The van der Waals surface area contributed by atoms with E-state index < -0.39 is 5.41 Å². The van der Waals surface area contributed by atoms with Gasteiger partial charge in [0.05, 0.1) is 11.1 Å². The lowest BCUT2D eigenvalue weighted by Crippen LogP contribution is -2.27. The van der Waals surface area contributed by atoms with E-state index >= 15 is 0 Å². The number of aromatic nitrogens is 2. The molecule has 0 atom stereocenters. The SMILES string of the molecule is C1=Cc2c(c(-c3cnc4c(c3)-c3ccncc3C43c4ccccc4-c4ccccc43)c3ccccc3c2C2CCCCC2)CC1. The molecule has 45 heavy (non-hydrogen) atoms. The van der Waals surface area contributed by atoms with Gasteiger partial charge >= 0.3 is 0 Å². The van der Waals surface area contributed by atoms with Crippen LogP contribution in [0.5, 0.6) is 0 Å². The Morgan fingerprint density at radius 1 is 0.667 bits per heavy atom. The van der Waals surface area contributed by atoms with Crippen LogP contribution in [0.3, 0.4) is 0 Å². The zero-order chi connectivity index (χ0) is 29.5. The highest BCUT2D eigenvalue weighted by atomic mass is 14.8. The van der Waals surface area contributed by atoms with Gasteiger partial charge in [-0.3, -0.25) is 9.97 Å². The van der Waals surface area contributed by atoms with Crippen LogP contribution in [0.1, 0.15) is 83.5 Å². The van der Waals surface area contributed by atoms with E-state index in [1.165, 1.54) is 104 Å². The summed E-state index contributed by atoms with van der Waals surface area (Å²) in [5.41, 5.74) is 16.8. The molecule has 1 saturated carbocycles. The Labute approximate surface area is 264 Å². The Hall–Kier alpha value is -4.82. The molecular formula is C43H34N2. The smallest absolute Gasteiger partial charge is 0.0912 e. The first-order chi connectivity index (χ1) is 22.4. The lowest BCUT2D eigenvalue weighted by molar-refractivity contribution is 0.445. The van der Waals surface area contributed by atoms with Crippen molar-refractivity contribution in [3.05, 3.63) is 149 Å². The minimum absolute atomic E-state index is 0.459. The highest BCUT2D eigenvalue weighted by molar-refractivity contribution is 6.04. The second-order valence-electron chi connectivity index (χ2n) is 13.4. The molecule has 0 aliphatic heterocycles. The van der Waals surface area contributed by atoms with Gasteiger partial charge in [-0.25, -0.2) is 0 Å². The van der Waals surface area contributed by atoms with Gasteiger partial charge in [0.25, 0.3) is 0 Å². The van der Waals surface area contributed by atoms with Gasteiger partial charge in [0.2, 0.25) is 0 Å². The second-order valence-corrected chi connectivity index (χ2v) is 13.4. The number of benzene rings is 4. The minimum atomic E-state index is -0.459. The number of fused-ring (bicyclic) bond motifs is 12. The predicted molar refractivity (Wildman–Crippen MR) is 184 cm³/mol. The topological polar surface area (TPSA) is 25.8 Å². The van der Waals surface area contributed by atoms with Crippen molar-refractivity contribution in [3.8, 4) is 33.4 Å². The molecule has 0 N–H and O–H groups in total. The molecule has 2 aromatic heterocycles. The molecule has 0 unspecified atom stereocenters. The fourth-order valence-corrected chi connectivity index (χ4v) is 9.52. The number of pyridine rings is 2. The number of hydrogen-bond acceptors (Lipinski definition) is 2. The van der Waals surface area contributed by atoms with Crippen molar-refractivity contribution < 1.29 is 0 Å². The molecule has 0 bridgehead atoms. The number of nitrogens with zero attached hydrogens (tertiary/aromatic N) is 2. The first-order valence-corrected chi connectivity index (χ1v) is 16.7. The number of rotatable bonds is 2. The van der Waals surface area contributed by atoms with Crippen LogP contribution in [-0.2, 0) is 11.8 Å². The van der Waals surface area contributed by atoms with Gasteiger partial charge in [-0.1, -0.05) is 104 Å². The average Bonchev–Trinajstić information content (AvgIpc) is 3.58. The molecule has 1 spiro atoms. The first kappa shape index (κ1) is 25.5. The lowest BCUT2D eigenvalue weighted by atomic mass is 9.73. The summed E-state index contributed by atoms with van der Waals surface area (Å²) >= 11 is 0. The quantitative estimate of drug-likeness (QED) is 0.204. The molecular weight excluding hydrogens is 544 g/mol. The van der Waals surface area contributed by atoms with Crippen molar-refractivity contribution in [2.75, 3.05) is 0 Å². The second kappa shape index (κ2) is 9.59. The molecule has 216 valence electrons. The molecule has 2 nitrogen and oxygen atoms in total. The standard InChI is InChI=1S/C43H34N2/c1-2-12-27(13-3-1)40-32-16-4-6-18-34(32)41(35-19-7-5-17-33(35)40)28-24-36-31-22-23-44-26-39(31)43(42(36)45-25-28)37-20-10-8-14-29(37)30-15-9-11-21-38(30)43/h4-6,8-11,14-18,20-27H,1-3,7,12-13,19H2. The summed E-state index contributed by atoms with van der Waals surface area (Å²) in [7, 11) is 0. The molecule has 0 radical (unpaired) electrons. The van der Waals surface area contributed by atoms with Crippen molar-refractivity contribution >= 4 is 16.8 Å². The van der Waals surface area contributed by atoms with E-state index in [9.17, 15) is 0 Å². The molecule has 4 aliphatic carbocycles. The molecule has 0 saturated heterocycles. The third-order valence-corrected chi connectivity index (χ3v) is 11.3. The summed E-state index contributed by atoms with van der Waals surface area (Å²) in [4.78, 5) is 10.2. The number of allylic oxidation sites excluding steroid dienone is 1. The van der Waals surface area contributed by atoms with Crippen molar-refractivity contribution in [1.29, 1.82) is 0 Å². The number of hydrogen-bond donors (Lipinski definition) is 0. The summed E-state index contributed by atoms with van der Waals surface area (Å²) in [5, 5.41) is 2.82. The van der Waals surface area contributed by atoms with Crippen LogP contribution < -0.4 is 0 Å². The molecule has 10 rings (SSSR count). The van der Waals surface area contributed by atoms with Gasteiger partial charge in [0.1, 0.15) is 0 Å². The van der Waals surface area contributed by atoms with Crippen LogP contribution in [-0.4, -0.2) is 9.97 Å². The van der Waals surface area contributed by atoms with Crippen molar-refractivity contribution in [3.63, 3.8) is 0 Å². The van der Waals surface area contributed by atoms with Crippen LogP contribution in [0.25, 0.3) is 50.2 Å². The normalized spacial score (nSPS) is 17.2.